The average Bonchev–Trinajstić information content (AvgIpc) is 2.99. The summed E-state index contributed by atoms with van der Waals surface area (Å²) >= 11 is 0. The lowest BCUT2D eigenvalue weighted by molar-refractivity contribution is -0.138. The summed E-state index contributed by atoms with van der Waals surface area (Å²) in [4.78, 5) is 40.3. The molecular formula is C19H26N2O5. The van der Waals surface area contributed by atoms with Gasteiger partial charge in [0.05, 0.1) is 16.7 Å². The Morgan fingerprint density at radius 3 is 2.31 bits per heavy atom. The monoisotopic (exact) mass is 362 g/mol. The Morgan fingerprint density at radius 1 is 1.19 bits per heavy atom. The van der Waals surface area contributed by atoms with E-state index in [2.05, 4.69) is 0 Å². The number of ether oxygens (including phenoxy) is 2. The molecule has 0 aromatic carbocycles. The highest BCUT2D eigenvalue weighted by atomic mass is 16.6. The maximum atomic E-state index is 13.2. The van der Waals surface area contributed by atoms with Crippen LogP contribution in [-0.4, -0.2) is 53.1 Å². The molecule has 2 amide bonds. The molecule has 0 unspecified atom stereocenters. The Balaban J connectivity index is 1.73. The first-order valence-electron chi connectivity index (χ1n) is 8.92. The van der Waals surface area contributed by atoms with Gasteiger partial charge in [0, 0.05) is 19.3 Å². The second-order valence-electron chi connectivity index (χ2n) is 8.18. The molecule has 0 bridgehead atoms. The number of piperidine rings is 1. The summed E-state index contributed by atoms with van der Waals surface area (Å²) in [7, 11) is 0. The fourth-order valence-electron chi connectivity index (χ4n) is 3.70. The van der Waals surface area contributed by atoms with Crippen LogP contribution in [0.4, 0.5) is 4.79 Å². The van der Waals surface area contributed by atoms with Crippen LogP contribution in [-0.2, 0) is 19.1 Å². The Labute approximate surface area is 153 Å². The van der Waals surface area contributed by atoms with Crippen molar-refractivity contribution in [3.05, 3.63) is 23.0 Å². The van der Waals surface area contributed by atoms with E-state index in [-0.39, 0.29) is 24.6 Å². The third kappa shape index (κ3) is 2.99. The zero-order chi connectivity index (χ0) is 19.3. The lowest BCUT2D eigenvalue weighted by Crippen LogP contribution is -2.49. The van der Waals surface area contributed by atoms with Gasteiger partial charge in [0.1, 0.15) is 12.2 Å². The minimum absolute atomic E-state index is 0.0357. The van der Waals surface area contributed by atoms with E-state index in [1.54, 1.807) is 16.7 Å². The molecule has 0 aliphatic carbocycles. The number of esters is 1. The van der Waals surface area contributed by atoms with Crippen LogP contribution in [0.5, 0.6) is 0 Å². The van der Waals surface area contributed by atoms with Gasteiger partial charge in [-0.2, -0.15) is 0 Å². The second-order valence-corrected chi connectivity index (χ2v) is 8.18. The number of likely N-dealkylation sites (tertiary alicyclic amines) is 1. The van der Waals surface area contributed by atoms with Gasteiger partial charge in [-0.05, 0) is 53.0 Å². The van der Waals surface area contributed by atoms with E-state index in [0.717, 1.165) is 5.57 Å². The van der Waals surface area contributed by atoms with Crippen LogP contribution in [0.1, 0.15) is 47.5 Å². The third-order valence-corrected chi connectivity index (χ3v) is 5.34. The number of nitrogens with zero attached hydrogens (tertiary/aromatic N) is 2. The van der Waals surface area contributed by atoms with Crippen LogP contribution in [0.2, 0.25) is 0 Å². The van der Waals surface area contributed by atoms with Crippen molar-refractivity contribution in [3.63, 3.8) is 0 Å². The molecule has 1 fully saturated rings. The van der Waals surface area contributed by atoms with E-state index in [4.69, 9.17) is 9.47 Å². The fourth-order valence-corrected chi connectivity index (χ4v) is 3.70. The molecule has 26 heavy (non-hydrogen) atoms. The smallest absolute Gasteiger partial charge is 0.410 e. The van der Waals surface area contributed by atoms with E-state index >= 15 is 0 Å². The molecular weight excluding hydrogens is 336 g/mol. The molecule has 3 heterocycles. The van der Waals surface area contributed by atoms with Gasteiger partial charge in [-0.15, -0.1) is 0 Å². The van der Waals surface area contributed by atoms with Crippen molar-refractivity contribution in [1.29, 1.82) is 0 Å². The molecule has 0 radical (unpaired) electrons. The Bertz CT molecular complexity index is 721. The van der Waals surface area contributed by atoms with Crippen LogP contribution in [0.3, 0.4) is 0 Å². The molecule has 1 saturated heterocycles. The third-order valence-electron chi connectivity index (χ3n) is 5.34. The lowest BCUT2D eigenvalue weighted by atomic mass is 9.74. The van der Waals surface area contributed by atoms with Gasteiger partial charge in [0.2, 0.25) is 5.91 Å². The summed E-state index contributed by atoms with van der Waals surface area (Å²) in [5.74, 6) is -0.411. The van der Waals surface area contributed by atoms with Crippen molar-refractivity contribution < 1.29 is 23.9 Å². The first-order chi connectivity index (χ1) is 12.0. The largest absolute Gasteiger partial charge is 0.456 e. The van der Waals surface area contributed by atoms with Gasteiger partial charge in [0.15, 0.2) is 0 Å². The molecule has 3 aliphatic heterocycles. The van der Waals surface area contributed by atoms with E-state index < -0.39 is 11.0 Å². The highest BCUT2D eigenvalue weighted by Crippen LogP contribution is 2.46. The molecule has 1 spiro atoms. The van der Waals surface area contributed by atoms with Gasteiger partial charge < -0.3 is 14.4 Å². The number of carbonyl (C=O) groups is 3. The standard InChI is InChI=1S/C19H26N2O5/c1-12-10-21(14-11-25-15(22)13(14)2)16(23)19(12)6-8-20(9-7-19)17(24)26-18(3,4)5/h10H,6-9,11H2,1-5H3. The summed E-state index contributed by atoms with van der Waals surface area (Å²) in [6, 6.07) is 0. The van der Waals surface area contributed by atoms with Crippen molar-refractivity contribution >= 4 is 18.0 Å². The van der Waals surface area contributed by atoms with Gasteiger partial charge >= 0.3 is 12.1 Å². The normalized spacial score (nSPS) is 22.9. The fraction of sp³-hybridized carbons (Fsp3) is 0.632. The minimum Gasteiger partial charge on any atom is -0.456 e. The van der Waals surface area contributed by atoms with Gasteiger partial charge in [-0.25, -0.2) is 9.59 Å². The second kappa shape index (κ2) is 6.14. The maximum Gasteiger partial charge on any atom is 0.410 e. The van der Waals surface area contributed by atoms with Gasteiger partial charge in [-0.3, -0.25) is 9.69 Å². The summed E-state index contributed by atoms with van der Waals surface area (Å²) in [5.41, 5.74) is 0.903. The molecule has 0 aromatic heterocycles. The number of carbonyl (C=O) groups excluding carboxylic acids is 3. The molecule has 0 aromatic rings. The van der Waals surface area contributed by atoms with E-state index in [0.29, 0.717) is 37.2 Å². The number of rotatable bonds is 1. The molecule has 0 saturated carbocycles. The number of amides is 2. The Morgan fingerprint density at radius 2 is 1.81 bits per heavy atom. The SMILES string of the molecule is CC1=CN(C2=C(C)C(=O)OC2)C(=O)C12CCN(C(=O)OC(C)(C)C)CC2. The average molecular weight is 362 g/mol. The van der Waals surface area contributed by atoms with Crippen molar-refractivity contribution in [3.8, 4) is 0 Å². The molecule has 142 valence electrons. The summed E-state index contributed by atoms with van der Waals surface area (Å²) in [5, 5.41) is 0. The maximum absolute atomic E-state index is 13.2. The molecule has 0 atom stereocenters. The van der Waals surface area contributed by atoms with Crippen molar-refractivity contribution in [2.75, 3.05) is 19.7 Å². The molecule has 0 N–H and O–H groups in total. The zero-order valence-corrected chi connectivity index (χ0v) is 16.0. The minimum atomic E-state index is -0.614. The Hall–Kier alpha value is -2.31. The van der Waals surface area contributed by atoms with Crippen molar-refractivity contribution in [1.82, 2.24) is 9.80 Å². The zero-order valence-electron chi connectivity index (χ0n) is 16.0. The van der Waals surface area contributed by atoms with E-state index in [9.17, 15) is 14.4 Å². The van der Waals surface area contributed by atoms with Crippen LogP contribution in [0.15, 0.2) is 23.0 Å². The van der Waals surface area contributed by atoms with Gasteiger partial charge in [0.25, 0.3) is 0 Å². The number of hydrogen-bond donors (Lipinski definition) is 0. The van der Waals surface area contributed by atoms with Crippen LogP contribution < -0.4 is 0 Å². The highest BCUT2D eigenvalue weighted by Gasteiger charge is 2.51. The topological polar surface area (TPSA) is 76.2 Å². The Kier molecular flexibility index (Phi) is 4.37. The van der Waals surface area contributed by atoms with E-state index in [1.165, 1.54) is 0 Å². The predicted octanol–water partition coefficient (Wildman–Crippen LogP) is 2.58. The van der Waals surface area contributed by atoms with Crippen molar-refractivity contribution in [2.45, 2.75) is 53.1 Å². The lowest BCUT2D eigenvalue weighted by Gasteiger charge is -2.39. The highest BCUT2D eigenvalue weighted by molar-refractivity contribution is 5.96. The van der Waals surface area contributed by atoms with Crippen molar-refractivity contribution in [2.24, 2.45) is 5.41 Å². The summed E-state index contributed by atoms with van der Waals surface area (Å²) < 4.78 is 10.5. The van der Waals surface area contributed by atoms with Crippen LogP contribution >= 0.6 is 0 Å². The number of cyclic esters (lactones) is 1. The summed E-state index contributed by atoms with van der Waals surface area (Å²) in [6.45, 7) is 10.2. The predicted molar refractivity (Wildman–Crippen MR) is 93.7 cm³/mol. The molecule has 3 rings (SSSR count). The quantitative estimate of drug-likeness (QED) is 0.670. The number of hydrogen-bond acceptors (Lipinski definition) is 5. The van der Waals surface area contributed by atoms with Gasteiger partial charge in [-0.1, -0.05) is 0 Å². The summed E-state index contributed by atoms with van der Waals surface area (Å²) in [6.07, 6.45) is 2.56. The first-order valence-corrected chi connectivity index (χ1v) is 8.92. The van der Waals surface area contributed by atoms with Crippen LogP contribution in [0.25, 0.3) is 0 Å². The first kappa shape index (κ1) is 18.5. The van der Waals surface area contributed by atoms with Crippen LogP contribution in [0, 0.1) is 5.41 Å². The van der Waals surface area contributed by atoms with E-state index in [1.807, 2.05) is 33.9 Å². The molecule has 7 heteroatoms. The molecule has 7 nitrogen and oxygen atoms in total. The molecule has 3 aliphatic rings.